The van der Waals surface area contributed by atoms with Crippen molar-refractivity contribution in [2.24, 2.45) is 11.8 Å². The Hall–Kier alpha value is -5.86. The molecule has 0 bridgehead atoms. The lowest BCUT2D eigenvalue weighted by atomic mass is 9.90. The van der Waals surface area contributed by atoms with E-state index < -0.39 is 72.2 Å². The van der Waals surface area contributed by atoms with E-state index in [1.807, 2.05) is 60.7 Å². The van der Waals surface area contributed by atoms with Gasteiger partial charge in [-0.15, -0.1) is 0 Å². The highest BCUT2D eigenvalue weighted by atomic mass is 16.6. The number of rotatable bonds is 19. The van der Waals surface area contributed by atoms with E-state index in [2.05, 4.69) is 31.2 Å². The Labute approximate surface area is 327 Å². The molecule has 4 amide bonds. The van der Waals surface area contributed by atoms with E-state index in [1.165, 1.54) is 0 Å². The lowest BCUT2D eigenvalue weighted by molar-refractivity contribution is -0.129. The van der Waals surface area contributed by atoms with Crippen LogP contribution in [-0.4, -0.2) is 80.6 Å². The van der Waals surface area contributed by atoms with Gasteiger partial charge in [-0.1, -0.05) is 100 Å². The Morgan fingerprint density at radius 1 is 0.536 bits per heavy atom. The van der Waals surface area contributed by atoms with Crippen molar-refractivity contribution in [3.63, 3.8) is 0 Å². The van der Waals surface area contributed by atoms with E-state index in [0.717, 1.165) is 11.1 Å². The summed E-state index contributed by atoms with van der Waals surface area (Å²) in [4.78, 5) is 61.6. The fourth-order valence-corrected chi connectivity index (χ4v) is 5.92. The van der Waals surface area contributed by atoms with Crippen molar-refractivity contribution in [1.82, 2.24) is 31.2 Å². The number of ether oxygens (including phenoxy) is 2. The molecule has 0 aliphatic rings. The molecule has 0 aliphatic heterocycles. The van der Waals surface area contributed by atoms with Crippen LogP contribution in [0.1, 0.15) is 50.2 Å². The summed E-state index contributed by atoms with van der Waals surface area (Å²) in [5, 5.41) is 34.7. The van der Waals surface area contributed by atoms with Crippen molar-refractivity contribution < 1.29 is 38.9 Å². The summed E-state index contributed by atoms with van der Waals surface area (Å²) in [6.07, 6.45) is -1.55. The molecule has 298 valence electrons. The number of alkyl carbamates (subject to hydrolysis) is 2. The van der Waals surface area contributed by atoms with Crippen molar-refractivity contribution >= 4 is 24.0 Å². The van der Waals surface area contributed by atoms with Crippen LogP contribution in [0.15, 0.2) is 109 Å². The lowest BCUT2D eigenvalue weighted by Crippen LogP contribution is -2.61. The Morgan fingerprint density at radius 3 is 1.21 bits per heavy atom. The summed E-state index contributed by atoms with van der Waals surface area (Å²) in [6.45, 7) is 6.79. The number of amides is 4. The third-order valence-electron chi connectivity index (χ3n) is 9.03. The van der Waals surface area contributed by atoms with Gasteiger partial charge in [-0.3, -0.25) is 19.6 Å². The summed E-state index contributed by atoms with van der Waals surface area (Å²) in [6, 6.07) is 24.3. The number of pyridine rings is 2. The molecule has 0 aliphatic carbocycles. The second-order valence-corrected chi connectivity index (χ2v) is 14.1. The van der Waals surface area contributed by atoms with Crippen LogP contribution < -0.4 is 21.3 Å². The van der Waals surface area contributed by atoms with Crippen molar-refractivity contribution in [3.8, 4) is 0 Å². The number of aromatic nitrogens is 2. The molecule has 0 saturated carbocycles. The molecular formula is C42H52N6O8. The SMILES string of the molecule is CC(C)[C@H](NC(=O)OCc1ccccn1)C(=O)NC(Cc1ccccc1)C(O)C(O)C(Cc1ccccc1)NC(=O)[C@@H](NC(=O)OCc1ccccn1)C(C)C. The zero-order chi connectivity index (χ0) is 40.5. The van der Waals surface area contributed by atoms with Gasteiger partial charge in [0.15, 0.2) is 0 Å². The van der Waals surface area contributed by atoms with Gasteiger partial charge in [-0.2, -0.15) is 0 Å². The Balaban J connectivity index is 1.53. The van der Waals surface area contributed by atoms with Gasteiger partial charge < -0.3 is 41.0 Å². The molecule has 14 heteroatoms. The summed E-state index contributed by atoms with van der Waals surface area (Å²) in [5.74, 6) is -2.01. The van der Waals surface area contributed by atoms with E-state index >= 15 is 0 Å². The number of hydrogen-bond acceptors (Lipinski definition) is 10. The van der Waals surface area contributed by atoms with Crippen LogP contribution in [-0.2, 0) is 45.1 Å². The Morgan fingerprint density at radius 2 is 0.893 bits per heavy atom. The van der Waals surface area contributed by atoms with Crippen LogP contribution in [0.5, 0.6) is 0 Å². The second kappa shape index (κ2) is 21.9. The number of carbonyl (C=O) groups is 4. The minimum Gasteiger partial charge on any atom is -0.443 e. The quantitative estimate of drug-likeness (QED) is 0.0814. The highest BCUT2D eigenvalue weighted by Crippen LogP contribution is 2.17. The van der Waals surface area contributed by atoms with Gasteiger partial charge in [0.2, 0.25) is 11.8 Å². The molecular weight excluding hydrogens is 716 g/mol. The Bertz CT molecular complexity index is 1670. The molecule has 6 N–H and O–H groups in total. The molecule has 0 radical (unpaired) electrons. The molecule has 4 aromatic rings. The largest absolute Gasteiger partial charge is 0.443 e. The van der Waals surface area contributed by atoms with Gasteiger partial charge in [0.05, 0.1) is 23.5 Å². The van der Waals surface area contributed by atoms with E-state index in [0.29, 0.717) is 11.4 Å². The maximum absolute atomic E-state index is 13.9. The average molecular weight is 769 g/mol. The fraction of sp³-hybridized carbons (Fsp3) is 0.381. The number of benzene rings is 2. The van der Waals surface area contributed by atoms with E-state index in [-0.39, 0.29) is 26.1 Å². The first-order valence-electron chi connectivity index (χ1n) is 18.6. The number of aliphatic hydroxyl groups is 2. The number of hydrogen-bond donors (Lipinski definition) is 6. The van der Waals surface area contributed by atoms with E-state index in [4.69, 9.17) is 9.47 Å². The summed E-state index contributed by atoms with van der Waals surface area (Å²) in [5.41, 5.74) is 2.57. The molecule has 0 saturated heterocycles. The van der Waals surface area contributed by atoms with Gasteiger partial charge in [-0.05, 0) is 60.1 Å². The fourth-order valence-electron chi connectivity index (χ4n) is 5.92. The smallest absolute Gasteiger partial charge is 0.408 e. The van der Waals surface area contributed by atoms with Crippen molar-refractivity contribution in [1.29, 1.82) is 0 Å². The first kappa shape index (κ1) is 42.9. The zero-order valence-corrected chi connectivity index (χ0v) is 32.1. The highest BCUT2D eigenvalue weighted by Gasteiger charge is 2.37. The van der Waals surface area contributed by atoms with Crippen LogP contribution in [0.2, 0.25) is 0 Å². The van der Waals surface area contributed by atoms with Gasteiger partial charge >= 0.3 is 12.2 Å². The van der Waals surface area contributed by atoms with E-state index in [1.54, 1.807) is 76.5 Å². The number of nitrogens with one attached hydrogen (secondary N) is 4. The predicted molar refractivity (Wildman–Crippen MR) is 209 cm³/mol. The van der Waals surface area contributed by atoms with E-state index in [9.17, 15) is 29.4 Å². The number of nitrogens with zero attached hydrogens (tertiary/aromatic N) is 2. The Kier molecular flexibility index (Phi) is 16.8. The summed E-state index contributed by atoms with van der Waals surface area (Å²) < 4.78 is 10.6. The van der Waals surface area contributed by atoms with Crippen LogP contribution in [0.3, 0.4) is 0 Å². The molecule has 0 spiro atoms. The van der Waals surface area contributed by atoms with Gasteiger partial charge in [0, 0.05) is 12.4 Å². The topological polar surface area (TPSA) is 201 Å². The standard InChI is InChI=1S/C42H52N6O8/c1-27(2)35(47-41(53)55-25-31-19-11-13-21-43-31)39(51)45-33(23-29-15-7-5-8-16-29)37(49)38(50)34(24-30-17-9-6-10-18-30)46-40(52)36(28(3)4)48-42(54)56-26-32-20-12-14-22-44-32/h5-22,27-28,33-38,49-50H,23-26H2,1-4H3,(H,45,51)(H,46,52)(H,47,53)(H,48,54)/t33?,34?,35-,36-,37?,38?/m0/s1. The van der Waals surface area contributed by atoms with Gasteiger partial charge in [0.25, 0.3) is 0 Å². The molecule has 2 aromatic carbocycles. The molecule has 56 heavy (non-hydrogen) atoms. The predicted octanol–water partition coefficient (Wildman–Crippen LogP) is 3.86. The second-order valence-electron chi connectivity index (χ2n) is 14.1. The third kappa shape index (κ3) is 13.8. The minimum absolute atomic E-state index is 0.101. The third-order valence-corrected chi connectivity index (χ3v) is 9.03. The first-order chi connectivity index (χ1) is 26.9. The molecule has 4 rings (SSSR count). The summed E-state index contributed by atoms with van der Waals surface area (Å²) >= 11 is 0. The molecule has 0 fully saturated rings. The van der Waals surface area contributed by atoms with Crippen LogP contribution in [0, 0.1) is 11.8 Å². The van der Waals surface area contributed by atoms with Crippen LogP contribution >= 0.6 is 0 Å². The van der Waals surface area contributed by atoms with Gasteiger partial charge in [0.1, 0.15) is 37.5 Å². The molecule has 14 nitrogen and oxygen atoms in total. The maximum Gasteiger partial charge on any atom is 0.408 e. The number of carbonyl (C=O) groups excluding carboxylic acids is 4. The highest BCUT2D eigenvalue weighted by molar-refractivity contribution is 5.87. The molecule has 2 aromatic heterocycles. The first-order valence-corrected chi connectivity index (χ1v) is 18.6. The summed E-state index contributed by atoms with van der Waals surface area (Å²) in [7, 11) is 0. The molecule has 2 heterocycles. The minimum atomic E-state index is -1.62. The average Bonchev–Trinajstić information content (AvgIpc) is 3.20. The maximum atomic E-state index is 13.9. The monoisotopic (exact) mass is 768 g/mol. The molecule has 6 atom stereocenters. The molecule has 4 unspecified atom stereocenters. The van der Waals surface area contributed by atoms with Crippen molar-refractivity contribution in [2.45, 2.75) is 90.1 Å². The normalized spacial score (nSPS) is 14.4. The van der Waals surface area contributed by atoms with Crippen molar-refractivity contribution in [3.05, 3.63) is 132 Å². The van der Waals surface area contributed by atoms with Crippen LogP contribution in [0.25, 0.3) is 0 Å². The van der Waals surface area contributed by atoms with Crippen LogP contribution in [0.4, 0.5) is 9.59 Å². The zero-order valence-electron chi connectivity index (χ0n) is 32.1. The van der Waals surface area contributed by atoms with Gasteiger partial charge in [-0.25, -0.2) is 9.59 Å². The number of aliphatic hydroxyl groups excluding tert-OH is 2. The van der Waals surface area contributed by atoms with Crippen molar-refractivity contribution in [2.75, 3.05) is 0 Å². The lowest BCUT2D eigenvalue weighted by Gasteiger charge is -2.35.